The van der Waals surface area contributed by atoms with E-state index in [-0.39, 0.29) is 10.8 Å². The second kappa shape index (κ2) is 2.90. The van der Waals surface area contributed by atoms with Crippen LogP contribution in [0.15, 0.2) is 23.1 Å². The fourth-order valence-electron chi connectivity index (χ4n) is 1.32. The maximum Gasteiger partial charge on any atom is 0.192 e. The molecule has 4 heteroatoms. The zero-order chi connectivity index (χ0) is 10.3. The number of hydrogen-bond acceptors (Lipinski definition) is 1. The molecule has 0 saturated heterocycles. The minimum absolute atomic E-state index is 0.170. The Kier molecular flexibility index (Phi) is 1.84. The Morgan fingerprint density at radius 1 is 1.21 bits per heavy atom. The van der Waals surface area contributed by atoms with E-state index in [4.69, 9.17) is 0 Å². The summed E-state index contributed by atoms with van der Waals surface area (Å²) in [5.74, 6) is -1.97. The molecule has 14 heavy (non-hydrogen) atoms. The molecule has 2 aromatic rings. The van der Waals surface area contributed by atoms with Crippen LogP contribution in [0.2, 0.25) is 0 Å². The lowest BCUT2D eigenvalue weighted by Crippen LogP contribution is -2.07. The summed E-state index contributed by atoms with van der Waals surface area (Å²) in [6, 6.07) is 1.89. The molecule has 0 atom stereocenters. The lowest BCUT2D eigenvalue weighted by Gasteiger charge is -2.00. The monoisotopic (exact) mass is 195 g/mol. The van der Waals surface area contributed by atoms with Gasteiger partial charge in [0, 0.05) is 23.2 Å². The Balaban J connectivity index is 2.97. The Labute approximate surface area is 78.2 Å². The minimum Gasteiger partial charge on any atom is -0.361 e. The van der Waals surface area contributed by atoms with E-state index < -0.39 is 11.6 Å². The van der Waals surface area contributed by atoms with Crippen LogP contribution in [0.4, 0.5) is 8.78 Å². The summed E-state index contributed by atoms with van der Waals surface area (Å²) in [5.41, 5.74) is 0.501. The van der Waals surface area contributed by atoms with Crippen LogP contribution in [0.3, 0.4) is 0 Å². The summed E-state index contributed by atoms with van der Waals surface area (Å²) in [7, 11) is 0. The van der Waals surface area contributed by atoms with Gasteiger partial charge in [0.2, 0.25) is 0 Å². The number of hydrogen-bond donors (Lipinski definition) is 1. The lowest BCUT2D eigenvalue weighted by atomic mass is 10.1. The third kappa shape index (κ3) is 1.19. The van der Waals surface area contributed by atoms with E-state index in [1.807, 2.05) is 0 Å². The van der Waals surface area contributed by atoms with Crippen molar-refractivity contribution in [2.75, 3.05) is 0 Å². The van der Waals surface area contributed by atoms with Crippen molar-refractivity contribution in [3.8, 4) is 0 Å². The first-order valence-electron chi connectivity index (χ1n) is 4.06. The van der Waals surface area contributed by atoms with Crippen LogP contribution in [0.1, 0.15) is 5.56 Å². The quantitative estimate of drug-likeness (QED) is 0.686. The van der Waals surface area contributed by atoms with Gasteiger partial charge in [0.05, 0.1) is 5.52 Å². The summed E-state index contributed by atoms with van der Waals surface area (Å²) >= 11 is 0. The van der Waals surface area contributed by atoms with E-state index in [0.717, 1.165) is 12.1 Å². The number of benzene rings is 1. The molecule has 0 fully saturated rings. The predicted octanol–water partition coefficient (Wildman–Crippen LogP) is 2.11. The number of fused-ring (bicyclic) bond motifs is 1. The predicted molar refractivity (Wildman–Crippen MR) is 49.2 cm³/mol. The maximum atomic E-state index is 12.8. The highest BCUT2D eigenvalue weighted by molar-refractivity contribution is 5.78. The van der Waals surface area contributed by atoms with Gasteiger partial charge in [-0.15, -0.1) is 0 Å². The van der Waals surface area contributed by atoms with Gasteiger partial charge in [-0.05, 0) is 13.0 Å². The molecule has 0 aliphatic rings. The highest BCUT2D eigenvalue weighted by atomic mass is 19.2. The van der Waals surface area contributed by atoms with Crippen LogP contribution in [-0.4, -0.2) is 4.98 Å². The van der Waals surface area contributed by atoms with Gasteiger partial charge in [-0.1, -0.05) is 0 Å². The molecule has 1 aromatic heterocycles. The molecule has 72 valence electrons. The molecule has 0 bridgehead atoms. The zero-order valence-corrected chi connectivity index (χ0v) is 7.40. The second-order valence-electron chi connectivity index (χ2n) is 3.11. The van der Waals surface area contributed by atoms with Crippen molar-refractivity contribution in [2.24, 2.45) is 0 Å². The van der Waals surface area contributed by atoms with Gasteiger partial charge < -0.3 is 4.98 Å². The SMILES string of the molecule is Cc1c[nH]c2cc(F)c(F)cc2c1=O. The fourth-order valence-corrected chi connectivity index (χ4v) is 1.32. The molecule has 0 spiro atoms. The third-order valence-corrected chi connectivity index (χ3v) is 2.11. The number of halogens is 2. The van der Waals surface area contributed by atoms with Crippen LogP contribution >= 0.6 is 0 Å². The lowest BCUT2D eigenvalue weighted by molar-refractivity contribution is 0.510. The zero-order valence-electron chi connectivity index (χ0n) is 7.40. The fraction of sp³-hybridized carbons (Fsp3) is 0.100. The van der Waals surface area contributed by atoms with Gasteiger partial charge in [-0.25, -0.2) is 8.78 Å². The number of aromatic nitrogens is 1. The summed E-state index contributed by atoms with van der Waals surface area (Å²) in [6.45, 7) is 1.61. The van der Waals surface area contributed by atoms with E-state index in [0.29, 0.717) is 11.1 Å². The molecule has 0 radical (unpaired) electrons. The van der Waals surface area contributed by atoms with Gasteiger partial charge in [-0.2, -0.15) is 0 Å². The average Bonchev–Trinajstić information content (AvgIpc) is 2.15. The van der Waals surface area contributed by atoms with Crippen molar-refractivity contribution in [3.05, 3.63) is 45.8 Å². The topological polar surface area (TPSA) is 32.9 Å². The smallest absolute Gasteiger partial charge is 0.192 e. The summed E-state index contributed by atoms with van der Waals surface area (Å²) in [5, 5.41) is 0.170. The van der Waals surface area contributed by atoms with Crippen LogP contribution in [-0.2, 0) is 0 Å². The van der Waals surface area contributed by atoms with Crippen LogP contribution in [0.5, 0.6) is 0 Å². The van der Waals surface area contributed by atoms with E-state index in [9.17, 15) is 13.6 Å². The van der Waals surface area contributed by atoms with Gasteiger partial charge in [0.15, 0.2) is 17.1 Å². The van der Waals surface area contributed by atoms with Gasteiger partial charge >= 0.3 is 0 Å². The van der Waals surface area contributed by atoms with E-state index in [1.54, 1.807) is 6.92 Å². The third-order valence-electron chi connectivity index (χ3n) is 2.11. The second-order valence-corrected chi connectivity index (χ2v) is 3.11. The van der Waals surface area contributed by atoms with Crippen molar-refractivity contribution < 1.29 is 8.78 Å². The molecule has 2 rings (SSSR count). The standard InChI is InChI=1S/C10H7F2NO/c1-5-4-13-9-3-8(12)7(11)2-6(9)10(5)14/h2-4H,1H3,(H,13,14). The van der Waals surface area contributed by atoms with Gasteiger partial charge in [-0.3, -0.25) is 4.79 Å². The first kappa shape index (κ1) is 8.87. The highest BCUT2D eigenvalue weighted by Crippen LogP contribution is 2.13. The molecule has 0 amide bonds. The number of aromatic amines is 1. The van der Waals surface area contributed by atoms with Gasteiger partial charge in [0.1, 0.15) is 0 Å². The van der Waals surface area contributed by atoms with Crippen LogP contribution < -0.4 is 5.43 Å². The molecular weight excluding hydrogens is 188 g/mol. The number of pyridine rings is 1. The summed E-state index contributed by atoms with van der Waals surface area (Å²) < 4.78 is 25.6. The van der Waals surface area contributed by atoms with Crippen molar-refractivity contribution >= 4 is 10.9 Å². The summed E-state index contributed by atoms with van der Waals surface area (Å²) in [6.07, 6.45) is 1.47. The largest absolute Gasteiger partial charge is 0.361 e. The van der Waals surface area contributed by atoms with Crippen LogP contribution in [0, 0.1) is 18.6 Å². The molecule has 2 nitrogen and oxygen atoms in total. The van der Waals surface area contributed by atoms with Crippen molar-refractivity contribution in [2.45, 2.75) is 6.92 Å². The Hall–Kier alpha value is -1.71. The van der Waals surface area contributed by atoms with Crippen molar-refractivity contribution in [1.29, 1.82) is 0 Å². The molecule has 0 aliphatic carbocycles. The number of nitrogens with one attached hydrogen (secondary N) is 1. The molecule has 1 N–H and O–H groups in total. The maximum absolute atomic E-state index is 12.8. The number of aryl methyl sites for hydroxylation is 1. The highest BCUT2D eigenvalue weighted by Gasteiger charge is 2.07. The Morgan fingerprint density at radius 2 is 1.86 bits per heavy atom. The number of H-pyrrole nitrogens is 1. The molecule has 0 saturated carbocycles. The van der Waals surface area contributed by atoms with Crippen LogP contribution in [0.25, 0.3) is 10.9 Å². The van der Waals surface area contributed by atoms with Crippen molar-refractivity contribution in [3.63, 3.8) is 0 Å². The van der Waals surface area contributed by atoms with E-state index in [2.05, 4.69) is 4.98 Å². The normalized spacial score (nSPS) is 10.8. The number of rotatable bonds is 0. The molecule has 0 aliphatic heterocycles. The van der Waals surface area contributed by atoms with E-state index >= 15 is 0 Å². The van der Waals surface area contributed by atoms with Gasteiger partial charge in [0.25, 0.3) is 0 Å². The molecule has 1 aromatic carbocycles. The first-order valence-corrected chi connectivity index (χ1v) is 4.06. The Bertz CT molecular complexity index is 560. The average molecular weight is 195 g/mol. The minimum atomic E-state index is -1.01. The first-order chi connectivity index (χ1) is 6.59. The molecular formula is C10H7F2NO. The van der Waals surface area contributed by atoms with E-state index in [1.165, 1.54) is 6.20 Å². The summed E-state index contributed by atoms with van der Waals surface area (Å²) in [4.78, 5) is 14.2. The Morgan fingerprint density at radius 3 is 2.57 bits per heavy atom. The molecule has 0 unspecified atom stereocenters. The molecule has 1 heterocycles. The van der Waals surface area contributed by atoms with Crippen molar-refractivity contribution in [1.82, 2.24) is 4.98 Å².